The van der Waals surface area contributed by atoms with Crippen molar-refractivity contribution in [3.8, 4) is 0 Å². The number of aromatic amines is 1. The zero-order chi connectivity index (χ0) is 7.40. The standard InChI is InChI=1S/C8H13N2/c1-7(2)3-4-8-5-6-9-10-8/h6-7H,3-4H2,1-2H3,(H,9,10). The van der Waals surface area contributed by atoms with E-state index >= 15 is 0 Å². The minimum Gasteiger partial charge on any atom is -0.285 e. The number of rotatable bonds is 3. The Kier molecular flexibility index (Phi) is 2.49. The van der Waals surface area contributed by atoms with E-state index in [0.29, 0.717) is 0 Å². The van der Waals surface area contributed by atoms with E-state index in [4.69, 9.17) is 0 Å². The molecule has 0 aliphatic heterocycles. The van der Waals surface area contributed by atoms with Gasteiger partial charge in [0, 0.05) is 12.3 Å². The summed E-state index contributed by atoms with van der Waals surface area (Å²) in [5.41, 5.74) is 1.05. The van der Waals surface area contributed by atoms with Crippen molar-refractivity contribution in [1.82, 2.24) is 10.2 Å². The molecule has 10 heavy (non-hydrogen) atoms. The molecule has 0 amide bonds. The van der Waals surface area contributed by atoms with Crippen LogP contribution in [0.15, 0.2) is 6.20 Å². The molecule has 0 saturated carbocycles. The van der Waals surface area contributed by atoms with Crippen LogP contribution in [0, 0.1) is 12.0 Å². The van der Waals surface area contributed by atoms with Crippen molar-refractivity contribution in [2.45, 2.75) is 26.7 Å². The second-order valence-corrected chi connectivity index (χ2v) is 2.91. The molecule has 1 aromatic heterocycles. The number of nitrogens with one attached hydrogen (secondary N) is 1. The maximum Gasteiger partial charge on any atom is 0.0701 e. The van der Waals surface area contributed by atoms with Gasteiger partial charge in [0.2, 0.25) is 0 Å². The molecule has 2 heteroatoms. The zero-order valence-corrected chi connectivity index (χ0v) is 6.52. The second kappa shape index (κ2) is 3.40. The molecular weight excluding hydrogens is 124 g/mol. The molecule has 0 fully saturated rings. The van der Waals surface area contributed by atoms with Crippen LogP contribution in [-0.4, -0.2) is 10.2 Å². The summed E-state index contributed by atoms with van der Waals surface area (Å²) < 4.78 is 0. The fraction of sp³-hybridized carbons (Fsp3) is 0.625. The van der Waals surface area contributed by atoms with Crippen molar-refractivity contribution in [2.75, 3.05) is 0 Å². The highest BCUT2D eigenvalue weighted by Crippen LogP contribution is 2.04. The third-order valence-electron chi connectivity index (χ3n) is 1.46. The number of H-pyrrole nitrogens is 1. The molecule has 1 radical (unpaired) electrons. The van der Waals surface area contributed by atoms with Crippen molar-refractivity contribution in [3.63, 3.8) is 0 Å². The third kappa shape index (κ3) is 2.21. The Labute approximate surface area is 61.7 Å². The fourth-order valence-electron chi connectivity index (χ4n) is 0.812. The highest BCUT2D eigenvalue weighted by molar-refractivity contribution is 4.94. The molecule has 55 valence electrons. The van der Waals surface area contributed by atoms with Crippen molar-refractivity contribution in [1.29, 1.82) is 0 Å². The minimum atomic E-state index is 0.755. The highest BCUT2D eigenvalue weighted by Gasteiger charge is 1.97. The maximum atomic E-state index is 4.01. The molecule has 0 atom stereocenters. The first-order chi connectivity index (χ1) is 4.79. The van der Waals surface area contributed by atoms with Crippen LogP contribution < -0.4 is 0 Å². The van der Waals surface area contributed by atoms with Gasteiger partial charge in [-0.25, -0.2) is 0 Å². The molecule has 0 saturated heterocycles. The molecule has 1 heterocycles. The summed E-state index contributed by atoms with van der Waals surface area (Å²) in [6, 6.07) is 3.03. The Morgan fingerprint density at radius 3 is 3.00 bits per heavy atom. The summed E-state index contributed by atoms with van der Waals surface area (Å²) >= 11 is 0. The van der Waals surface area contributed by atoms with E-state index in [1.165, 1.54) is 6.42 Å². The van der Waals surface area contributed by atoms with Crippen molar-refractivity contribution in [3.05, 3.63) is 18.0 Å². The van der Waals surface area contributed by atoms with E-state index in [2.05, 4.69) is 30.1 Å². The van der Waals surface area contributed by atoms with Gasteiger partial charge in [-0.1, -0.05) is 13.8 Å². The van der Waals surface area contributed by atoms with Gasteiger partial charge in [0.15, 0.2) is 0 Å². The Morgan fingerprint density at radius 2 is 2.50 bits per heavy atom. The van der Waals surface area contributed by atoms with Crippen molar-refractivity contribution >= 4 is 0 Å². The third-order valence-corrected chi connectivity index (χ3v) is 1.46. The van der Waals surface area contributed by atoms with Crippen LogP contribution in [0.1, 0.15) is 26.0 Å². The van der Waals surface area contributed by atoms with E-state index in [1.54, 1.807) is 6.20 Å². The maximum absolute atomic E-state index is 4.01. The lowest BCUT2D eigenvalue weighted by molar-refractivity contribution is 0.580. The first kappa shape index (κ1) is 7.32. The van der Waals surface area contributed by atoms with Gasteiger partial charge in [0.05, 0.1) is 5.69 Å². The van der Waals surface area contributed by atoms with Crippen LogP contribution in [0.25, 0.3) is 0 Å². The number of hydrogen-bond donors (Lipinski definition) is 1. The van der Waals surface area contributed by atoms with E-state index in [9.17, 15) is 0 Å². The first-order valence-corrected chi connectivity index (χ1v) is 3.69. The van der Waals surface area contributed by atoms with Gasteiger partial charge >= 0.3 is 0 Å². The summed E-state index contributed by atoms with van der Waals surface area (Å²) in [7, 11) is 0. The van der Waals surface area contributed by atoms with Gasteiger partial charge in [0.1, 0.15) is 0 Å². The summed E-state index contributed by atoms with van der Waals surface area (Å²) in [6.07, 6.45) is 3.98. The van der Waals surface area contributed by atoms with Crippen LogP contribution in [0.5, 0.6) is 0 Å². The van der Waals surface area contributed by atoms with Crippen LogP contribution >= 0.6 is 0 Å². The summed E-state index contributed by atoms with van der Waals surface area (Å²) in [4.78, 5) is 0. The predicted molar refractivity (Wildman–Crippen MR) is 40.6 cm³/mol. The van der Waals surface area contributed by atoms with Gasteiger partial charge in [-0.05, 0) is 18.8 Å². The molecule has 2 nitrogen and oxygen atoms in total. The summed E-state index contributed by atoms with van der Waals surface area (Å²) in [5, 5.41) is 6.76. The van der Waals surface area contributed by atoms with Gasteiger partial charge in [-0.3, -0.25) is 5.10 Å². The Bertz CT molecular complexity index is 165. The molecule has 0 aromatic carbocycles. The Hall–Kier alpha value is -0.790. The molecule has 1 aromatic rings. The normalized spacial score (nSPS) is 10.7. The molecule has 0 aliphatic rings. The van der Waals surface area contributed by atoms with Gasteiger partial charge < -0.3 is 0 Å². The Balaban J connectivity index is 2.28. The fourth-order valence-corrected chi connectivity index (χ4v) is 0.812. The summed E-state index contributed by atoms with van der Waals surface area (Å²) in [5.74, 6) is 0.755. The number of nitrogens with zero attached hydrogens (tertiary/aromatic N) is 1. The molecule has 0 aliphatic carbocycles. The largest absolute Gasteiger partial charge is 0.285 e. The molecule has 0 bridgehead atoms. The molecule has 0 unspecified atom stereocenters. The lowest BCUT2D eigenvalue weighted by Gasteiger charge is -1.99. The second-order valence-electron chi connectivity index (χ2n) is 2.91. The summed E-state index contributed by atoms with van der Waals surface area (Å²) in [6.45, 7) is 4.43. The van der Waals surface area contributed by atoms with Crippen molar-refractivity contribution in [2.24, 2.45) is 5.92 Å². The lowest BCUT2D eigenvalue weighted by atomic mass is 10.1. The van der Waals surface area contributed by atoms with Crippen LogP contribution in [0.3, 0.4) is 0 Å². The smallest absolute Gasteiger partial charge is 0.0701 e. The SMILES string of the molecule is CC(C)CCc1[c]c[nH]n1. The van der Waals surface area contributed by atoms with Crippen LogP contribution in [0.2, 0.25) is 0 Å². The van der Waals surface area contributed by atoms with E-state index in [-0.39, 0.29) is 0 Å². The molecule has 0 spiro atoms. The molecule has 1 N–H and O–H groups in total. The highest BCUT2D eigenvalue weighted by atomic mass is 15.1. The number of aryl methyl sites for hydroxylation is 1. The lowest BCUT2D eigenvalue weighted by Crippen LogP contribution is -1.92. The first-order valence-electron chi connectivity index (χ1n) is 3.69. The van der Waals surface area contributed by atoms with Crippen LogP contribution in [0.4, 0.5) is 0 Å². The van der Waals surface area contributed by atoms with E-state index in [1.807, 2.05) is 0 Å². The number of aromatic nitrogens is 2. The van der Waals surface area contributed by atoms with E-state index < -0.39 is 0 Å². The Morgan fingerprint density at radius 1 is 1.70 bits per heavy atom. The average Bonchev–Trinajstić information content (AvgIpc) is 2.34. The average molecular weight is 137 g/mol. The van der Waals surface area contributed by atoms with Gasteiger partial charge in [-0.15, -0.1) is 0 Å². The zero-order valence-electron chi connectivity index (χ0n) is 6.52. The van der Waals surface area contributed by atoms with Gasteiger partial charge in [-0.2, -0.15) is 5.10 Å². The minimum absolute atomic E-state index is 0.755. The topological polar surface area (TPSA) is 28.7 Å². The number of hydrogen-bond acceptors (Lipinski definition) is 1. The molecular formula is C8H13N2. The molecule has 1 rings (SSSR count). The van der Waals surface area contributed by atoms with Crippen LogP contribution in [-0.2, 0) is 6.42 Å². The predicted octanol–water partition coefficient (Wildman–Crippen LogP) is 1.80. The monoisotopic (exact) mass is 137 g/mol. The quantitative estimate of drug-likeness (QED) is 0.676. The van der Waals surface area contributed by atoms with E-state index in [0.717, 1.165) is 18.0 Å². The van der Waals surface area contributed by atoms with Gasteiger partial charge in [0.25, 0.3) is 0 Å². The van der Waals surface area contributed by atoms with Crippen molar-refractivity contribution < 1.29 is 0 Å².